The second-order valence-electron chi connectivity index (χ2n) is 8.83. The molecule has 0 aliphatic heterocycles. The third kappa shape index (κ3) is 7.46. The first kappa shape index (κ1) is 26.2. The maximum atomic E-state index is 12.0. The number of hydrogen-bond donors (Lipinski definition) is 1. The quantitative estimate of drug-likeness (QED) is 0.325. The maximum absolute atomic E-state index is 12.0. The van der Waals surface area contributed by atoms with Gasteiger partial charge in [-0.3, -0.25) is 4.79 Å². The normalized spacial score (nSPS) is 12.3. The summed E-state index contributed by atoms with van der Waals surface area (Å²) in [5, 5.41) is 9.85. The van der Waals surface area contributed by atoms with Crippen molar-refractivity contribution in [3.05, 3.63) is 35.4 Å². The molecule has 4 nitrogen and oxygen atoms in total. The standard InChI is InChI=1S/C26H42O4/c1-20(2)26(21(3)4,25(27)28)17-11-8-7-9-13-22-15-16-24(30-6)23(19-22)14-10-12-18-29-5/h10,14-16,19-21H,7-9,11-13,17-18H2,1-6H3,(H,27,28). The van der Waals surface area contributed by atoms with Crippen LogP contribution < -0.4 is 4.74 Å². The predicted molar refractivity (Wildman–Crippen MR) is 125 cm³/mol. The van der Waals surface area contributed by atoms with Crippen LogP contribution in [0.4, 0.5) is 0 Å². The summed E-state index contributed by atoms with van der Waals surface area (Å²) >= 11 is 0. The van der Waals surface area contributed by atoms with E-state index in [9.17, 15) is 9.90 Å². The Morgan fingerprint density at radius 1 is 1.07 bits per heavy atom. The zero-order valence-corrected chi connectivity index (χ0v) is 19.9. The minimum absolute atomic E-state index is 0.143. The lowest BCUT2D eigenvalue weighted by Crippen LogP contribution is -2.41. The summed E-state index contributed by atoms with van der Waals surface area (Å²) in [6.07, 6.45) is 11.2. The second kappa shape index (κ2) is 13.5. The lowest BCUT2D eigenvalue weighted by molar-refractivity contribution is -0.156. The van der Waals surface area contributed by atoms with Crippen LogP contribution in [-0.2, 0) is 16.0 Å². The van der Waals surface area contributed by atoms with Gasteiger partial charge in [0, 0.05) is 19.3 Å². The highest BCUT2D eigenvalue weighted by Crippen LogP contribution is 2.41. The molecule has 170 valence electrons. The molecule has 0 aliphatic rings. The molecule has 0 radical (unpaired) electrons. The van der Waals surface area contributed by atoms with Crippen molar-refractivity contribution in [1.29, 1.82) is 0 Å². The number of aryl methyl sites for hydroxylation is 1. The average molecular weight is 419 g/mol. The van der Waals surface area contributed by atoms with Crippen molar-refractivity contribution >= 4 is 12.0 Å². The van der Waals surface area contributed by atoms with Gasteiger partial charge >= 0.3 is 5.97 Å². The van der Waals surface area contributed by atoms with Gasteiger partial charge in [0.15, 0.2) is 0 Å². The molecule has 0 aliphatic carbocycles. The molecule has 1 aromatic rings. The van der Waals surface area contributed by atoms with E-state index in [-0.39, 0.29) is 11.8 Å². The fourth-order valence-electron chi connectivity index (χ4n) is 4.41. The SMILES string of the molecule is COCCC=Cc1cc(CCCCCCC(C(=O)O)(C(C)C)C(C)C)ccc1OC. The number of hydrogen-bond acceptors (Lipinski definition) is 3. The minimum Gasteiger partial charge on any atom is -0.496 e. The van der Waals surface area contributed by atoms with Gasteiger partial charge in [0.2, 0.25) is 0 Å². The van der Waals surface area contributed by atoms with E-state index in [0.29, 0.717) is 0 Å². The van der Waals surface area contributed by atoms with E-state index in [0.717, 1.165) is 62.9 Å². The van der Waals surface area contributed by atoms with E-state index in [4.69, 9.17) is 9.47 Å². The smallest absolute Gasteiger partial charge is 0.310 e. The molecule has 0 fully saturated rings. The van der Waals surface area contributed by atoms with Crippen molar-refractivity contribution in [2.75, 3.05) is 20.8 Å². The second-order valence-corrected chi connectivity index (χ2v) is 8.83. The van der Waals surface area contributed by atoms with Gasteiger partial charge in [-0.15, -0.1) is 0 Å². The fourth-order valence-corrected chi connectivity index (χ4v) is 4.41. The number of rotatable bonds is 15. The molecule has 0 aromatic heterocycles. The largest absolute Gasteiger partial charge is 0.496 e. The number of methoxy groups -OCH3 is 2. The molecular formula is C26H42O4. The van der Waals surface area contributed by atoms with Crippen molar-refractivity contribution in [1.82, 2.24) is 0 Å². The molecule has 1 rings (SSSR count). The van der Waals surface area contributed by atoms with E-state index in [1.807, 2.05) is 33.8 Å². The number of carboxylic acid groups (broad SMARTS) is 1. The summed E-state index contributed by atoms with van der Waals surface area (Å²) in [4.78, 5) is 12.0. The van der Waals surface area contributed by atoms with Crippen LogP contribution in [0.1, 0.15) is 77.3 Å². The summed E-state index contributed by atoms with van der Waals surface area (Å²) < 4.78 is 10.6. The lowest BCUT2D eigenvalue weighted by Gasteiger charge is -2.37. The summed E-state index contributed by atoms with van der Waals surface area (Å²) in [5.74, 6) is 0.533. The van der Waals surface area contributed by atoms with E-state index < -0.39 is 11.4 Å². The van der Waals surface area contributed by atoms with Crippen molar-refractivity contribution in [2.45, 2.75) is 72.6 Å². The third-order valence-corrected chi connectivity index (χ3v) is 6.34. The van der Waals surface area contributed by atoms with Crippen molar-refractivity contribution < 1.29 is 19.4 Å². The Kier molecular flexibility index (Phi) is 11.8. The zero-order valence-electron chi connectivity index (χ0n) is 19.9. The summed E-state index contributed by atoms with van der Waals surface area (Å²) in [7, 11) is 3.41. The Bertz CT molecular complexity index is 653. The van der Waals surface area contributed by atoms with Gasteiger partial charge < -0.3 is 14.6 Å². The molecule has 4 heteroatoms. The van der Waals surface area contributed by atoms with Crippen LogP contribution in [0.25, 0.3) is 6.08 Å². The van der Waals surface area contributed by atoms with Crippen LogP contribution in [0.3, 0.4) is 0 Å². The van der Waals surface area contributed by atoms with E-state index in [2.05, 4.69) is 24.3 Å². The van der Waals surface area contributed by atoms with Gasteiger partial charge in [-0.1, -0.05) is 65.2 Å². The third-order valence-electron chi connectivity index (χ3n) is 6.34. The Hall–Kier alpha value is -1.81. The monoisotopic (exact) mass is 418 g/mol. The van der Waals surface area contributed by atoms with Crippen LogP contribution in [0.5, 0.6) is 5.75 Å². The first-order chi connectivity index (χ1) is 14.3. The van der Waals surface area contributed by atoms with Crippen molar-refractivity contribution in [3.63, 3.8) is 0 Å². The molecule has 0 heterocycles. The molecule has 0 saturated carbocycles. The maximum Gasteiger partial charge on any atom is 0.310 e. The summed E-state index contributed by atoms with van der Waals surface area (Å²) in [6.45, 7) is 8.88. The Labute approximate surface area is 183 Å². The van der Waals surface area contributed by atoms with Gasteiger partial charge in [0.1, 0.15) is 5.75 Å². The van der Waals surface area contributed by atoms with Crippen LogP contribution in [0.2, 0.25) is 0 Å². The van der Waals surface area contributed by atoms with Crippen LogP contribution in [0.15, 0.2) is 24.3 Å². The molecular weight excluding hydrogens is 376 g/mol. The number of carboxylic acids is 1. The highest BCUT2D eigenvalue weighted by Gasteiger charge is 2.43. The molecule has 0 bridgehead atoms. The zero-order chi connectivity index (χ0) is 22.6. The summed E-state index contributed by atoms with van der Waals surface area (Å²) in [5.41, 5.74) is 1.80. The fraction of sp³-hybridized carbons (Fsp3) is 0.654. The topological polar surface area (TPSA) is 55.8 Å². The highest BCUT2D eigenvalue weighted by atomic mass is 16.5. The number of unbranched alkanes of at least 4 members (excludes halogenated alkanes) is 3. The van der Waals surface area contributed by atoms with Gasteiger partial charge in [-0.25, -0.2) is 0 Å². The van der Waals surface area contributed by atoms with Crippen LogP contribution in [0, 0.1) is 17.3 Å². The number of benzene rings is 1. The van der Waals surface area contributed by atoms with E-state index in [1.165, 1.54) is 5.56 Å². The van der Waals surface area contributed by atoms with E-state index >= 15 is 0 Å². The Balaban J connectivity index is 2.54. The Morgan fingerprint density at radius 3 is 2.30 bits per heavy atom. The van der Waals surface area contributed by atoms with Gasteiger partial charge in [0.25, 0.3) is 0 Å². The minimum atomic E-state index is -0.642. The predicted octanol–water partition coefficient (Wildman–Crippen LogP) is 6.62. The number of aliphatic carboxylic acids is 1. The van der Waals surface area contributed by atoms with Crippen molar-refractivity contribution in [2.24, 2.45) is 17.3 Å². The molecule has 1 aromatic carbocycles. The number of ether oxygens (including phenoxy) is 2. The molecule has 30 heavy (non-hydrogen) atoms. The summed E-state index contributed by atoms with van der Waals surface area (Å²) in [6, 6.07) is 6.38. The van der Waals surface area contributed by atoms with Crippen LogP contribution in [-0.4, -0.2) is 31.9 Å². The Morgan fingerprint density at radius 2 is 1.73 bits per heavy atom. The molecule has 0 atom stereocenters. The molecule has 0 spiro atoms. The van der Waals surface area contributed by atoms with Crippen molar-refractivity contribution in [3.8, 4) is 5.75 Å². The van der Waals surface area contributed by atoms with E-state index in [1.54, 1.807) is 14.2 Å². The molecule has 0 unspecified atom stereocenters. The number of carbonyl (C=O) groups is 1. The lowest BCUT2D eigenvalue weighted by atomic mass is 9.66. The van der Waals surface area contributed by atoms with Gasteiger partial charge in [-0.05, 0) is 55.2 Å². The van der Waals surface area contributed by atoms with Gasteiger partial charge in [0.05, 0.1) is 12.5 Å². The molecule has 1 N–H and O–H groups in total. The first-order valence-electron chi connectivity index (χ1n) is 11.3. The molecule has 0 saturated heterocycles. The van der Waals surface area contributed by atoms with Crippen LogP contribution >= 0.6 is 0 Å². The average Bonchev–Trinajstić information content (AvgIpc) is 2.70. The van der Waals surface area contributed by atoms with Gasteiger partial charge in [-0.2, -0.15) is 0 Å². The first-order valence-corrected chi connectivity index (χ1v) is 11.3. The highest BCUT2D eigenvalue weighted by molar-refractivity contribution is 5.75. The molecule has 0 amide bonds.